The van der Waals surface area contributed by atoms with Crippen LogP contribution in [0.15, 0.2) is 23.1 Å². The minimum absolute atomic E-state index is 0.0278. The van der Waals surface area contributed by atoms with Crippen molar-refractivity contribution in [2.24, 2.45) is 5.73 Å². The molecule has 0 radical (unpaired) electrons. The molecule has 0 aromatic heterocycles. The van der Waals surface area contributed by atoms with Crippen LogP contribution in [0.5, 0.6) is 0 Å². The maximum atomic E-state index is 13.7. The molecule has 9 heteroatoms. The molecular weight excluding hydrogens is 319 g/mol. The molecule has 1 aromatic rings. The van der Waals surface area contributed by atoms with Crippen LogP contribution >= 0.6 is 12.2 Å². The summed E-state index contributed by atoms with van der Waals surface area (Å²) in [6.07, 6.45) is -0.466. The molecule has 1 rings (SSSR count). The highest BCUT2D eigenvalue weighted by atomic mass is 32.2. The topological polar surface area (TPSA) is 90.7 Å². The van der Waals surface area contributed by atoms with Gasteiger partial charge in [-0.15, -0.1) is 0 Å². The molecule has 3 N–H and O–H groups in total. The van der Waals surface area contributed by atoms with E-state index in [1.807, 2.05) is 0 Å². The lowest BCUT2D eigenvalue weighted by molar-refractivity contribution is 0.0320. The lowest BCUT2D eigenvalue weighted by Crippen LogP contribution is -2.36. The third kappa shape index (κ3) is 4.68. The number of sulfonamides is 1. The largest absolute Gasteiger partial charge is 0.389 e. The summed E-state index contributed by atoms with van der Waals surface area (Å²) < 4.78 is 50.5. The average molecular weight is 336 g/mol. The normalized spacial score (nSPS) is 13.1. The van der Waals surface area contributed by atoms with Gasteiger partial charge in [0.05, 0.1) is 23.2 Å². The lowest BCUT2D eigenvalue weighted by Gasteiger charge is -2.16. The van der Waals surface area contributed by atoms with E-state index in [1.54, 1.807) is 0 Å². The van der Waals surface area contributed by atoms with Crippen LogP contribution in [0.1, 0.15) is 5.56 Å². The number of hydrogen-bond acceptors (Lipinski definition) is 5. The van der Waals surface area contributed by atoms with E-state index in [9.17, 15) is 12.8 Å². The Morgan fingerprint density at radius 1 is 1.48 bits per heavy atom. The fourth-order valence-corrected chi connectivity index (χ4v) is 3.21. The lowest BCUT2D eigenvalue weighted by atomic mass is 10.2. The van der Waals surface area contributed by atoms with E-state index < -0.39 is 21.9 Å². The Hall–Kier alpha value is -1.13. The predicted molar refractivity (Wildman–Crippen MR) is 80.1 cm³/mol. The van der Waals surface area contributed by atoms with Crippen molar-refractivity contribution in [1.29, 1.82) is 0 Å². The predicted octanol–water partition coefficient (Wildman–Crippen LogP) is 0.400. The minimum atomic E-state index is -3.97. The highest BCUT2D eigenvalue weighted by Crippen LogP contribution is 2.18. The van der Waals surface area contributed by atoms with Crippen molar-refractivity contribution >= 4 is 27.2 Å². The summed E-state index contributed by atoms with van der Waals surface area (Å²) in [7, 11) is -1.07. The molecule has 0 bridgehead atoms. The van der Waals surface area contributed by atoms with Crippen molar-refractivity contribution in [3.05, 3.63) is 29.6 Å². The van der Waals surface area contributed by atoms with Crippen molar-refractivity contribution in [2.45, 2.75) is 11.0 Å². The molecule has 0 aliphatic rings. The van der Waals surface area contributed by atoms with Gasteiger partial charge in [-0.25, -0.2) is 17.5 Å². The molecule has 0 aliphatic carbocycles. The van der Waals surface area contributed by atoms with Crippen LogP contribution in [0.2, 0.25) is 0 Å². The maximum Gasteiger partial charge on any atom is 0.241 e. The highest BCUT2D eigenvalue weighted by molar-refractivity contribution is 7.89. The standard InChI is InChI=1S/C12H17FN2O4S2/c1-18-7-8(19-2)6-15-21(16,17)10-5-3-4-9(13)11(10)12(14)20/h3-5,8,15H,6-7H2,1-2H3,(H2,14,20). The van der Waals surface area contributed by atoms with Crippen LogP contribution < -0.4 is 10.5 Å². The van der Waals surface area contributed by atoms with Crippen LogP contribution in [0.25, 0.3) is 0 Å². The Bertz CT molecular complexity index is 607. The highest BCUT2D eigenvalue weighted by Gasteiger charge is 2.23. The Balaban J connectivity index is 3.04. The van der Waals surface area contributed by atoms with Crippen molar-refractivity contribution in [1.82, 2.24) is 4.72 Å². The summed E-state index contributed by atoms with van der Waals surface area (Å²) in [6.45, 7) is 0.185. The second-order valence-electron chi connectivity index (χ2n) is 4.14. The van der Waals surface area contributed by atoms with E-state index in [1.165, 1.54) is 26.4 Å². The molecule has 6 nitrogen and oxygen atoms in total. The molecule has 0 aliphatic heterocycles. The summed E-state index contributed by atoms with van der Waals surface area (Å²) >= 11 is 4.71. The summed E-state index contributed by atoms with van der Waals surface area (Å²) in [6, 6.07) is 3.60. The number of methoxy groups -OCH3 is 2. The first-order valence-corrected chi connectivity index (χ1v) is 7.82. The van der Waals surface area contributed by atoms with Crippen LogP contribution in [0.3, 0.4) is 0 Å². The summed E-state index contributed by atoms with van der Waals surface area (Å²) in [5.41, 5.74) is 5.09. The number of hydrogen-bond donors (Lipinski definition) is 2. The number of halogens is 1. The van der Waals surface area contributed by atoms with Crippen molar-refractivity contribution in [3.8, 4) is 0 Å². The van der Waals surface area contributed by atoms with Gasteiger partial charge in [-0.05, 0) is 12.1 Å². The zero-order valence-corrected chi connectivity index (χ0v) is 13.3. The van der Waals surface area contributed by atoms with E-state index in [0.29, 0.717) is 0 Å². The quantitative estimate of drug-likeness (QED) is 0.668. The van der Waals surface area contributed by atoms with Crippen molar-refractivity contribution in [3.63, 3.8) is 0 Å². The van der Waals surface area contributed by atoms with Crippen LogP contribution in [0.4, 0.5) is 4.39 Å². The first-order chi connectivity index (χ1) is 9.83. The van der Waals surface area contributed by atoms with Gasteiger partial charge in [-0.1, -0.05) is 18.3 Å². The zero-order valence-electron chi connectivity index (χ0n) is 11.6. The van der Waals surface area contributed by atoms with Gasteiger partial charge in [0.15, 0.2) is 0 Å². The fourth-order valence-electron chi connectivity index (χ4n) is 1.64. The Morgan fingerprint density at radius 2 is 2.14 bits per heavy atom. The molecule has 0 fully saturated rings. The van der Waals surface area contributed by atoms with E-state index >= 15 is 0 Å². The second kappa shape index (κ2) is 7.76. The van der Waals surface area contributed by atoms with E-state index in [0.717, 1.165) is 6.07 Å². The number of benzene rings is 1. The van der Waals surface area contributed by atoms with Crippen molar-refractivity contribution < 1.29 is 22.3 Å². The van der Waals surface area contributed by atoms with Gasteiger partial charge in [0.1, 0.15) is 10.8 Å². The Kier molecular flexibility index (Phi) is 6.62. The van der Waals surface area contributed by atoms with Gasteiger partial charge in [0, 0.05) is 20.8 Å². The molecule has 0 saturated carbocycles. The third-order valence-corrected chi connectivity index (χ3v) is 4.37. The van der Waals surface area contributed by atoms with Gasteiger partial charge < -0.3 is 15.2 Å². The third-order valence-electron chi connectivity index (χ3n) is 2.70. The fraction of sp³-hybridized carbons (Fsp3) is 0.417. The Morgan fingerprint density at radius 3 is 2.67 bits per heavy atom. The van der Waals surface area contributed by atoms with Gasteiger partial charge in [-0.3, -0.25) is 0 Å². The first kappa shape index (κ1) is 17.9. The van der Waals surface area contributed by atoms with Gasteiger partial charge >= 0.3 is 0 Å². The van der Waals surface area contributed by atoms with E-state index in [4.69, 9.17) is 27.4 Å². The molecule has 21 heavy (non-hydrogen) atoms. The van der Waals surface area contributed by atoms with Crippen molar-refractivity contribution in [2.75, 3.05) is 27.4 Å². The molecule has 118 valence electrons. The number of nitrogens with one attached hydrogen (secondary N) is 1. The van der Waals surface area contributed by atoms with Gasteiger partial charge in [-0.2, -0.15) is 0 Å². The summed E-state index contributed by atoms with van der Waals surface area (Å²) in [5.74, 6) is -0.787. The first-order valence-electron chi connectivity index (χ1n) is 5.93. The molecule has 1 unspecified atom stereocenters. The summed E-state index contributed by atoms with van der Waals surface area (Å²) in [4.78, 5) is -0.629. The number of thiocarbonyl (C=S) groups is 1. The second-order valence-corrected chi connectivity index (χ2v) is 6.32. The van der Waals surface area contributed by atoms with Crippen LogP contribution in [-0.4, -0.2) is 46.9 Å². The van der Waals surface area contributed by atoms with Crippen LogP contribution in [0, 0.1) is 5.82 Å². The van der Waals surface area contributed by atoms with E-state index in [-0.39, 0.29) is 28.6 Å². The average Bonchev–Trinajstić information content (AvgIpc) is 2.42. The smallest absolute Gasteiger partial charge is 0.241 e. The number of ether oxygens (including phenoxy) is 2. The van der Waals surface area contributed by atoms with Gasteiger partial charge in [0.25, 0.3) is 0 Å². The maximum absolute atomic E-state index is 13.7. The van der Waals surface area contributed by atoms with Crippen LogP contribution in [-0.2, 0) is 19.5 Å². The molecule has 0 heterocycles. The monoisotopic (exact) mass is 336 g/mol. The molecule has 0 saturated heterocycles. The minimum Gasteiger partial charge on any atom is -0.389 e. The molecule has 1 atom stereocenters. The SMILES string of the molecule is COCC(CNS(=O)(=O)c1cccc(F)c1C(N)=S)OC. The molecule has 0 amide bonds. The molecule has 0 spiro atoms. The number of rotatable bonds is 8. The molecule has 1 aromatic carbocycles. The van der Waals surface area contributed by atoms with E-state index in [2.05, 4.69) is 4.72 Å². The van der Waals surface area contributed by atoms with Gasteiger partial charge in [0.2, 0.25) is 10.0 Å². The zero-order chi connectivity index (χ0) is 16.0. The molecular formula is C12H17FN2O4S2. The Labute approximate surface area is 128 Å². The number of nitrogens with two attached hydrogens (primary N) is 1. The summed E-state index contributed by atoms with van der Waals surface area (Å²) in [5, 5.41) is 0.